The molecule has 1 N–H and O–H groups in total. The maximum atomic E-state index is 12.5. The summed E-state index contributed by atoms with van der Waals surface area (Å²) in [5, 5.41) is 0.726. The highest BCUT2D eigenvalue weighted by Gasteiger charge is 2.18. The van der Waals surface area contributed by atoms with E-state index in [1.54, 1.807) is 13.0 Å². The first-order valence-electron chi connectivity index (χ1n) is 5.95. The zero-order valence-electron chi connectivity index (χ0n) is 11.2. The van der Waals surface area contributed by atoms with E-state index in [-0.39, 0.29) is 4.90 Å². The number of sulfonamides is 1. The topological polar surface area (TPSA) is 46.2 Å². The first-order chi connectivity index (χ1) is 9.69. The van der Waals surface area contributed by atoms with Gasteiger partial charge in [0.15, 0.2) is 0 Å². The third kappa shape index (κ3) is 3.92. The summed E-state index contributed by atoms with van der Waals surface area (Å²) in [6.07, 6.45) is 0. The zero-order valence-corrected chi connectivity index (χ0v) is 15.2. The van der Waals surface area contributed by atoms with Crippen LogP contribution in [0.15, 0.2) is 39.7 Å². The maximum absolute atomic E-state index is 12.5. The monoisotopic (exact) mass is 407 g/mol. The van der Waals surface area contributed by atoms with E-state index in [4.69, 9.17) is 23.2 Å². The van der Waals surface area contributed by atoms with Gasteiger partial charge in [-0.2, -0.15) is 0 Å². The molecule has 2 aromatic carbocycles. The van der Waals surface area contributed by atoms with E-state index in [1.165, 1.54) is 18.2 Å². The molecule has 2 rings (SSSR count). The number of benzene rings is 2. The second kappa shape index (κ2) is 6.16. The number of rotatable bonds is 3. The van der Waals surface area contributed by atoms with Gasteiger partial charge in [-0.3, -0.25) is 4.72 Å². The molecular formula is C14H12BrCl2NO2S. The molecular weight excluding hydrogens is 397 g/mol. The van der Waals surface area contributed by atoms with Crippen LogP contribution in [0.1, 0.15) is 11.1 Å². The van der Waals surface area contributed by atoms with E-state index in [2.05, 4.69) is 20.7 Å². The third-order valence-corrected chi connectivity index (χ3v) is 5.67. The average Bonchev–Trinajstić information content (AvgIpc) is 2.31. The molecule has 0 atom stereocenters. The second-order valence-electron chi connectivity index (χ2n) is 4.63. The molecule has 7 heteroatoms. The van der Waals surface area contributed by atoms with Crippen molar-refractivity contribution >= 4 is 54.8 Å². The Kier molecular flexibility index (Phi) is 4.88. The van der Waals surface area contributed by atoms with Gasteiger partial charge < -0.3 is 0 Å². The number of aryl methyl sites for hydroxylation is 2. The summed E-state index contributed by atoms with van der Waals surface area (Å²) in [6, 6.07) is 7.94. The number of hydrogen-bond donors (Lipinski definition) is 1. The van der Waals surface area contributed by atoms with Crippen molar-refractivity contribution in [2.45, 2.75) is 18.7 Å². The number of nitrogens with one attached hydrogen (secondary N) is 1. The van der Waals surface area contributed by atoms with Crippen LogP contribution >= 0.6 is 39.1 Å². The van der Waals surface area contributed by atoms with Gasteiger partial charge in [0.2, 0.25) is 0 Å². The van der Waals surface area contributed by atoms with Crippen molar-refractivity contribution in [3.05, 3.63) is 56.0 Å². The quantitative estimate of drug-likeness (QED) is 0.760. The maximum Gasteiger partial charge on any atom is 0.262 e. The molecule has 0 spiro atoms. The number of halogens is 3. The summed E-state index contributed by atoms with van der Waals surface area (Å²) < 4.78 is 28.2. The largest absolute Gasteiger partial charge is 0.280 e. The van der Waals surface area contributed by atoms with Gasteiger partial charge in [0.1, 0.15) is 0 Å². The Bertz CT molecular complexity index is 787. The van der Waals surface area contributed by atoms with Crippen molar-refractivity contribution < 1.29 is 8.42 Å². The first-order valence-corrected chi connectivity index (χ1v) is 8.98. The Morgan fingerprint density at radius 1 is 0.952 bits per heavy atom. The van der Waals surface area contributed by atoms with Gasteiger partial charge in [-0.25, -0.2) is 8.42 Å². The summed E-state index contributed by atoms with van der Waals surface area (Å²) in [7, 11) is -3.71. The lowest BCUT2D eigenvalue weighted by molar-refractivity contribution is 0.600. The summed E-state index contributed by atoms with van der Waals surface area (Å²) >= 11 is 15.1. The van der Waals surface area contributed by atoms with Gasteiger partial charge >= 0.3 is 0 Å². The SMILES string of the molecule is Cc1cc(C)c(S(=O)(=O)Nc2cc(Cl)cc(Cl)c2)cc1Br. The van der Waals surface area contributed by atoms with Crippen molar-refractivity contribution in [1.29, 1.82) is 0 Å². The summed E-state index contributed by atoms with van der Waals surface area (Å²) in [6.45, 7) is 3.65. The van der Waals surface area contributed by atoms with Gasteiger partial charge in [-0.1, -0.05) is 45.2 Å². The van der Waals surface area contributed by atoms with Crippen LogP contribution in [0.2, 0.25) is 10.0 Å². The van der Waals surface area contributed by atoms with Crippen LogP contribution in [0, 0.1) is 13.8 Å². The first kappa shape index (κ1) is 16.6. The Morgan fingerprint density at radius 2 is 1.52 bits per heavy atom. The fourth-order valence-electron chi connectivity index (χ4n) is 1.92. The van der Waals surface area contributed by atoms with Gasteiger partial charge in [0, 0.05) is 14.5 Å². The molecule has 0 aliphatic heterocycles. The van der Waals surface area contributed by atoms with Gasteiger partial charge in [-0.05, 0) is 49.2 Å². The molecule has 2 aromatic rings. The molecule has 3 nitrogen and oxygen atoms in total. The Morgan fingerprint density at radius 3 is 2.10 bits per heavy atom. The minimum Gasteiger partial charge on any atom is -0.280 e. The summed E-state index contributed by atoms with van der Waals surface area (Å²) in [5.41, 5.74) is 1.96. The molecule has 112 valence electrons. The van der Waals surface area contributed by atoms with Crippen molar-refractivity contribution in [2.24, 2.45) is 0 Å². The second-order valence-corrected chi connectivity index (χ2v) is 8.01. The molecule has 0 heterocycles. The lowest BCUT2D eigenvalue weighted by Crippen LogP contribution is -2.14. The molecule has 0 amide bonds. The normalized spacial score (nSPS) is 11.5. The molecule has 0 radical (unpaired) electrons. The summed E-state index contributed by atoms with van der Waals surface area (Å²) in [5.74, 6) is 0. The molecule has 0 saturated carbocycles. The zero-order chi connectivity index (χ0) is 15.8. The average molecular weight is 409 g/mol. The van der Waals surface area contributed by atoms with Gasteiger partial charge in [-0.15, -0.1) is 0 Å². The fourth-order valence-corrected chi connectivity index (χ4v) is 4.23. The van der Waals surface area contributed by atoms with Crippen LogP contribution < -0.4 is 4.72 Å². The predicted octanol–water partition coefficient (Wildman–Crippen LogP) is 5.17. The molecule has 0 unspecified atom stereocenters. The van der Waals surface area contributed by atoms with Crippen molar-refractivity contribution in [3.63, 3.8) is 0 Å². The third-order valence-electron chi connectivity index (χ3n) is 2.86. The molecule has 0 bridgehead atoms. The van der Waals surface area contributed by atoms with Crippen LogP contribution in [0.4, 0.5) is 5.69 Å². The molecule has 0 fully saturated rings. The van der Waals surface area contributed by atoms with Crippen molar-refractivity contribution in [2.75, 3.05) is 4.72 Å². The predicted molar refractivity (Wildman–Crippen MR) is 90.9 cm³/mol. The number of hydrogen-bond acceptors (Lipinski definition) is 2. The highest BCUT2D eigenvalue weighted by molar-refractivity contribution is 9.10. The van der Waals surface area contributed by atoms with Crippen LogP contribution in [-0.2, 0) is 10.0 Å². The van der Waals surface area contributed by atoms with E-state index in [9.17, 15) is 8.42 Å². The van der Waals surface area contributed by atoms with Crippen LogP contribution in [0.25, 0.3) is 0 Å². The van der Waals surface area contributed by atoms with Gasteiger partial charge in [0.05, 0.1) is 10.6 Å². The molecule has 21 heavy (non-hydrogen) atoms. The highest BCUT2D eigenvalue weighted by atomic mass is 79.9. The van der Waals surface area contributed by atoms with Crippen molar-refractivity contribution in [3.8, 4) is 0 Å². The number of anilines is 1. The molecule has 0 saturated heterocycles. The van der Waals surface area contributed by atoms with E-state index >= 15 is 0 Å². The van der Waals surface area contributed by atoms with E-state index in [0.29, 0.717) is 21.3 Å². The highest BCUT2D eigenvalue weighted by Crippen LogP contribution is 2.28. The minimum absolute atomic E-state index is 0.205. The van der Waals surface area contributed by atoms with E-state index < -0.39 is 10.0 Å². The fraction of sp³-hybridized carbons (Fsp3) is 0.143. The summed E-state index contributed by atoms with van der Waals surface area (Å²) in [4.78, 5) is 0.205. The lowest BCUT2D eigenvalue weighted by atomic mass is 10.2. The lowest BCUT2D eigenvalue weighted by Gasteiger charge is -2.12. The Balaban J connectivity index is 2.45. The molecule has 0 aromatic heterocycles. The minimum atomic E-state index is -3.71. The van der Waals surface area contributed by atoms with E-state index in [1.807, 2.05) is 13.0 Å². The van der Waals surface area contributed by atoms with Crippen LogP contribution in [0.5, 0.6) is 0 Å². The van der Waals surface area contributed by atoms with Crippen LogP contribution in [-0.4, -0.2) is 8.42 Å². The van der Waals surface area contributed by atoms with Crippen LogP contribution in [0.3, 0.4) is 0 Å². The molecule has 0 aliphatic rings. The van der Waals surface area contributed by atoms with Crippen molar-refractivity contribution in [1.82, 2.24) is 0 Å². The Hall–Kier alpha value is -0.750. The smallest absolute Gasteiger partial charge is 0.262 e. The van der Waals surface area contributed by atoms with E-state index in [0.717, 1.165) is 10.0 Å². The van der Waals surface area contributed by atoms with Gasteiger partial charge in [0.25, 0.3) is 10.0 Å². The molecule has 0 aliphatic carbocycles. The Labute approximate surface area is 142 Å². The standard InChI is InChI=1S/C14H12BrCl2NO2S/c1-8-3-9(2)14(7-13(8)15)21(19,20)18-12-5-10(16)4-11(17)6-12/h3-7,18H,1-2H3.